The molecule has 0 fully saturated rings. The Balaban J connectivity index is 2.02. The van der Waals surface area contributed by atoms with Crippen LogP contribution in [0.5, 0.6) is 0 Å². The molecule has 0 atom stereocenters. The summed E-state index contributed by atoms with van der Waals surface area (Å²) < 4.78 is 1.86. The van der Waals surface area contributed by atoms with Crippen LogP contribution in [0.4, 0.5) is 0 Å². The highest BCUT2D eigenvalue weighted by Crippen LogP contribution is 2.27. The molecular formula is C18H15N3O. The van der Waals surface area contributed by atoms with E-state index in [1.54, 1.807) is 6.07 Å². The number of nitrogens with one attached hydrogen (secondary N) is 1. The highest BCUT2D eigenvalue weighted by molar-refractivity contribution is 5.87. The molecule has 0 bridgehead atoms. The fourth-order valence-corrected chi connectivity index (χ4v) is 2.94. The molecule has 4 nitrogen and oxygen atoms in total. The fraction of sp³-hybridized carbons (Fsp3) is 0.111. The van der Waals surface area contributed by atoms with Gasteiger partial charge in [0, 0.05) is 40.7 Å². The highest BCUT2D eigenvalue weighted by Gasteiger charge is 2.09. The van der Waals surface area contributed by atoms with Gasteiger partial charge in [-0.1, -0.05) is 12.1 Å². The Hall–Kier alpha value is -2.88. The van der Waals surface area contributed by atoms with Gasteiger partial charge >= 0.3 is 0 Å². The number of aryl methyl sites for hydroxylation is 2. The normalized spacial score (nSPS) is 11.4. The maximum Gasteiger partial charge on any atom is 0.190 e. The van der Waals surface area contributed by atoms with Gasteiger partial charge in [-0.25, -0.2) is 0 Å². The van der Waals surface area contributed by atoms with Crippen molar-refractivity contribution in [2.75, 3.05) is 0 Å². The van der Waals surface area contributed by atoms with Gasteiger partial charge in [0.05, 0.1) is 11.7 Å². The molecule has 0 spiro atoms. The number of pyridine rings is 1. The van der Waals surface area contributed by atoms with Crippen LogP contribution in [0.3, 0.4) is 0 Å². The van der Waals surface area contributed by atoms with E-state index in [1.165, 1.54) is 0 Å². The molecule has 2 aromatic heterocycles. The molecule has 0 aliphatic heterocycles. The third-order valence-corrected chi connectivity index (χ3v) is 4.12. The Morgan fingerprint density at radius 2 is 1.95 bits per heavy atom. The van der Waals surface area contributed by atoms with Crippen molar-refractivity contribution in [1.29, 1.82) is 0 Å². The quantitative estimate of drug-likeness (QED) is 0.584. The first-order valence-corrected chi connectivity index (χ1v) is 7.18. The molecule has 4 aromatic rings. The maximum atomic E-state index is 12.3. The summed E-state index contributed by atoms with van der Waals surface area (Å²) in [6.07, 6.45) is 1.84. The van der Waals surface area contributed by atoms with E-state index in [9.17, 15) is 4.79 Å². The lowest BCUT2D eigenvalue weighted by Crippen LogP contribution is -2.03. The number of aromatic amines is 1. The molecule has 0 saturated carbocycles. The predicted molar refractivity (Wildman–Crippen MR) is 89.0 cm³/mol. The third kappa shape index (κ3) is 1.84. The average Bonchev–Trinajstić information content (AvgIpc) is 2.87. The molecule has 108 valence electrons. The van der Waals surface area contributed by atoms with Crippen LogP contribution >= 0.6 is 0 Å². The van der Waals surface area contributed by atoms with Crippen molar-refractivity contribution >= 4 is 21.8 Å². The van der Waals surface area contributed by atoms with Crippen molar-refractivity contribution in [2.24, 2.45) is 7.05 Å². The van der Waals surface area contributed by atoms with Gasteiger partial charge in [0.2, 0.25) is 0 Å². The van der Waals surface area contributed by atoms with Gasteiger partial charge in [-0.15, -0.1) is 0 Å². The van der Waals surface area contributed by atoms with E-state index in [0.717, 1.165) is 33.2 Å². The Labute approximate surface area is 127 Å². The van der Waals surface area contributed by atoms with E-state index in [0.29, 0.717) is 5.39 Å². The molecule has 0 aliphatic rings. The Bertz CT molecular complexity index is 1070. The van der Waals surface area contributed by atoms with E-state index in [4.69, 9.17) is 0 Å². The Morgan fingerprint density at radius 1 is 1.14 bits per heavy atom. The zero-order chi connectivity index (χ0) is 15.3. The van der Waals surface area contributed by atoms with E-state index >= 15 is 0 Å². The first kappa shape index (κ1) is 12.8. The van der Waals surface area contributed by atoms with Crippen molar-refractivity contribution in [3.8, 4) is 11.3 Å². The minimum atomic E-state index is 0.0371. The van der Waals surface area contributed by atoms with Crippen LogP contribution < -0.4 is 5.43 Å². The first-order chi connectivity index (χ1) is 10.6. The zero-order valence-electron chi connectivity index (χ0n) is 12.4. The van der Waals surface area contributed by atoms with Gasteiger partial charge in [-0.2, -0.15) is 5.10 Å². The number of nitrogens with zero attached hydrogens (tertiary/aromatic N) is 2. The van der Waals surface area contributed by atoms with Crippen LogP contribution in [0.2, 0.25) is 0 Å². The van der Waals surface area contributed by atoms with Crippen LogP contribution in [0.1, 0.15) is 5.56 Å². The third-order valence-electron chi connectivity index (χ3n) is 4.12. The number of H-pyrrole nitrogens is 1. The number of benzene rings is 2. The van der Waals surface area contributed by atoms with Crippen LogP contribution in [0.25, 0.3) is 33.1 Å². The summed E-state index contributed by atoms with van der Waals surface area (Å²) in [7, 11) is 1.93. The monoisotopic (exact) mass is 289 g/mol. The molecular weight excluding hydrogens is 274 g/mol. The number of rotatable bonds is 1. The number of fused-ring (bicyclic) bond motifs is 2. The van der Waals surface area contributed by atoms with Gasteiger partial charge in [-0.05, 0) is 36.8 Å². The fourth-order valence-electron chi connectivity index (χ4n) is 2.94. The molecule has 2 aromatic carbocycles. The molecule has 0 amide bonds. The van der Waals surface area contributed by atoms with Crippen molar-refractivity contribution in [2.45, 2.75) is 6.92 Å². The highest BCUT2D eigenvalue weighted by atomic mass is 16.1. The summed E-state index contributed by atoms with van der Waals surface area (Å²) in [6.45, 7) is 2.05. The van der Waals surface area contributed by atoms with Crippen molar-refractivity contribution in [1.82, 2.24) is 14.8 Å². The second-order valence-corrected chi connectivity index (χ2v) is 5.59. The molecule has 0 aliphatic carbocycles. The first-order valence-electron chi connectivity index (χ1n) is 7.18. The van der Waals surface area contributed by atoms with Gasteiger partial charge in [0.25, 0.3) is 0 Å². The summed E-state index contributed by atoms with van der Waals surface area (Å²) in [4.78, 5) is 15.7. The van der Waals surface area contributed by atoms with Crippen molar-refractivity contribution < 1.29 is 0 Å². The number of para-hydroxylation sites is 1. The molecule has 22 heavy (non-hydrogen) atoms. The Kier molecular flexibility index (Phi) is 2.66. The Morgan fingerprint density at radius 3 is 2.82 bits per heavy atom. The largest absolute Gasteiger partial charge is 0.354 e. The van der Waals surface area contributed by atoms with Crippen molar-refractivity contribution in [3.63, 3.8) is 0 Å². The summed E-state index contributed by atoms with van der Waals surface area (Å²) in [5, 5.41) is 6.06. The molecule has 2 heterocycles. The minimum absolute atomic E-state index is 0.0371. The number of hydrogen-bond acceptors (Lipinski definition) is 2. The lowest BCUT2D eigenvalue weighted by atomic mass is 10.0. The molecule has 4 rings (SSSR count). The molecule has 0 unspecified atom stereocenters. The van der Waals surface area contributed by atoms with Crippen LogP contribution in [-0.2, 0) is 7.05 Å². The van der Waals surface area contributed by atoms with Gasteiger partial charge in [0.15, 0.2) is 5.43 Å². The smallest absolute Gasteiger partial charge is 0.190 e. The van der Waals surface area contributed by atoms with Crippen LogP contribution in [-0.4, -0.2) is 14.8 Å². The van der Waals surface area contributed by atoms with E-state index in [1.807, 2.05) is 42.2 Å². The SMILES string of the molecule is Cc1cc2c(cnn2C)cc1-c1cc(=O)c2ccccc2[nH]1. The van der Waals surface area contributed by atoms with Gasteiger partial charge in [-0.3, -0.25) is 9.48 Å². The topological polar surface area (TPSA) is 50.7 Å². The minimum Gasteiger partial charge on any atom is -0.354 e. The predicted octanol–water partition coefficient (Wildman–Crippen LogP) is 3.39. The summed E-state index contributed by atoms with van der Waals surface area (Å²) in [5.41, 5.74) is 4.97. The summed E-state index contributed by atoms with van der Waals surface area (Å²) in [6, 6.07) is 13.4. The van der Waals surface area contributed by atoms with E-state index in [-0.39, 0.29) is 5.43 Å². The van der Waals surface area contributed by atoms with Gasteiger partial charge < -0.3 is 4.98 Å². The second kappa shape index (κ2) is 4.56. The van der Waals surface area contributed by atoms with Crippen LogP contribution in [0.15, 0.2) is 53.5 Å². The zero-order valence-corrected chi connectivity index (χ0v) is 12.4. The lowest BCUT2D eigenvalue weighted by Gasteiger charge is -2.09. The standard InChI is InChI=1S/C18H15N3O/c1-11-7-17-12(10-19-21(17)2)8-14(11)16-9-18(22)13-5-3-4-6-15(13)20-16/h3-10H,1-2H3,(H,20,22). The molecule has 0 radical (unpaired) electrons. The van der Waals surface area contributed by atoms with E-state index in [2.05, 4.69) is 29.1 Å². The van der Waals surface area contributed by atoms with Crippen LogP contribution in [0, 0.1) is 6.92 Å². The van der Waals surface area contributed by atoms with Crippen molar-refractivity contribution in [3.05, 3.63) is 64.4 Å². The number of aromatic nitrogens is 3. The van der Waals surface area contributed by atoms with Gasteiger partial charge in [0.1, 0.15) is 0 Å². The molecule has 1 N–H and O–H groups in total. The lowest BCUT2D eigenvalue weighted by molar-refractivity contribution is 0.796. The van der Waals surface area contributed by atoms with E-state index < -0.39 is 0 Å². The average molecular weight is 289 g/mol. The summed E-state index contributed by atoms with van der Waals surface area (Å²) >= 11 is 0. The maximum absolute atomic E-state index is 12.3. The molecule has 4 heteroatoms. The molecule has 0 saturated heterocycles. The number of hydrogen-bond donors (Lipinski definition) is 1. The second-order valence-electron chi connectivity index (χ2n) is 5.59. The summed E-state index contributed by atoms with van der Waals surface area (Å²) in [5.74, 6) is 0.